The van der Waals surface area contributed by atoms with E-state index in [1.807, 2.05) is 0 Å². The van der Waals surface area contributed by atoms with Crippen LogP contribution in [-0.4, -0.2) is 56.9 Å². The average molecular weight is 382 g/mol. The van der Waals surface area contributed by atoms with Gasteiger partial charge in [-0.2, -0.15) is 0 Å². The molecule has 2 aliphatic rings. The van der Waals surface area contributed by atoms with Crippen LogP contribution in [-0.2, 0) is 19.5 Å². The van der Waals surface area contributed by atoms with Crippen molar-refractivity contribution in [3.8, 4) is 0 Å². The fourth-order valence-corrected chi connectivity index (χ4v) is 4.74. The summed E-state index contributed by atoms with van der Waals surface area (Å²) in [6, 6.07) is 6.17. The van der Waals surface area contributed by atoms with E-state index in [1.165, 1.54) is 12.1 Å². The van der Waals surface area contributed by atoms with Crippen molar-refractivity contribution in [1.82, 2.24) is 9.62 Å². The minimum atomic E-state index is -3.68. The van der Waals surface area contributed by atoms with E-state index in [-0.39, 0.29) is 10.8 Å². The van der Waals surface area contributed by atoms with Gasteiger partial charge >= 0.3 is 0 Å². The number of rotatable bonds is 3. The second kappa shape index (κ2) is 6.92. The Morgan fingerprint density at radius 1 is 1.15 bits per heavy atom. The zero-order valence-corrected chi connectivity index (χ0v) is 16.3. The first-order valence-corrected chi connectivity index (χ1v) is 10.3. The lowest BCUT2D eigenvalue weighted by Crippen LogP contribution is -2.47. The number of nitrogens with zero attached hydrogens (tertiary/aromatic N) is 1. The smallest absolute Gasteiger partial charge is 0.253 e. The second-order valence-corrected chi connectivity index (χ2v) is 9.47. The third-order valence-electron chi connectivity index (χ3n) is 4.46. The zero-order valence-electron chi connectivity index (χ0n) is 15.4. The highest BCUT2D eigenvalue weighted by atomic mass is 32.2. The SMILES string of the molecule is CC(C)(C)NS(=O)(=O)c1cccc(C(=O)N2CCC3(CC2)OCCO3)c1. The summed E-state index contributed by atoms with van der Waals surface area (Å²) in [5, 5.41) is 0. The Bertz CT molecular complexity index is 769. The van der Waals surface area contributed by atoms with Gasteiger partial charge in [-0.3, -0.25) is 4.79 Å². The van der Waals surface area contributed by atoms with E-state index < -0.39 is 21.3 Å². The summed E-state index contributed by atoms with van der Waals surface area (Å²) in [6.07, 6.45) is 1.25. The minimum Gasteiger partial charge on any atom is -0.347 e. The molecule has 0 aromatic heterocycles. The number of nitrogens with one attached hydrogen (secondary N) is 1. The Balaban J connectivity index is 1.73. The summed E-state index contributed by atoms with van der Waals surface area (Å²) >= 11 is 0. The molecule has 0 aliphatic carbocycles. The Labute approximate surface area is 154 Å². The maximum absolute atomic E-state index is 12.8. The van der Waals surface area contributed by atoms with Crippen LogP contribution in [0.15, 0.2) is 29.2 Å². The van der Waals surface area contributed by atoms with E-state index >= 15 is 0 Å². The zero-order chi connectivity index (χ0) is 19.0. The number of sulfonamides is 1. The van der Waals surface area contributed by atoms with E-state index in [2.05, 4.69) is 4.72 Å². The van der Waals surface area contributed by atoms with Crippen LogP contribution in [0.5, 0.6) is 0 Å². The summed E-state index contributed by atoms with van der Waals surface area (Å²) in [5.74, 6) is -0.718. The van der Waals surface area contributed by atoms with E-state index in [0.29, 0.717) is 44.7 Å². The summed E-state index contributed by atoms with van der Waals surface area (Å²) in [7, 11) is -3.68. The molecule has 1 aromatic carbocycles. The number of hydrogen-bond acceptors (Lipinski definition) is 5. The molecule has 2 fully saturated rings. The molecule has 2 saturated heterocycles. The molecule has 2 heterocycles. The van der Waals surface area contributed by atoms with Crippen LogP contribution in [0.4, 0.5) is 0 Å². The second-order valence-electron chi connectivity index (χ2n) is 7.78. The van der Waals surface area contributed by atoms with Gasteiger partial charge in [0.25, 0.3) is 5.91 Å². The van der Waals surface area contributed by atoms with Crippen LogP contribution < -0.4 is 4.72 Å². The van der Waals surface area contributed by atoms with Gasteiger partial charge in [0.15, 0.2) is 5.79 Å². The molecule has 1 N–H and O–H groups in total. The number of amides is 1. The summed E-state index contributed by atoms with van der Waals surface area (Å²) < 4.78 is 39.0. The summed E-state index contributed by atoms with van der Waals surface area (Å²) in [4.78, 5) is 14.6. The first-order chi connectivity index (χ1) is 12.1. The molecule has 1 amide bonds. The quantitative estimate of drug-likeness (QED) is 0.861. The van der Waals surface area contributed by atoms with Crippen molar-refractivity contribution in [1.29, 1.82) is 0 Å². The number of carbonyl (C=O) groups is 1. The number of ether oxygens (including phenoxy) is 2. The minimum absolute atomic E-state index is 0.0919. The fraction of sp³-hybridized carbons (Fsp3) is 0.611. The lowest BCUT2D eigenvalue weighted by atomic mass is 10.0. The maximum Gasteiger partial charge on any atom is 0.253 e. The summed E-state index contributed by atoms with van der Waals surface area (Å²) in [5.41, 5.74) is -0.229. The normalized spacial score (nSPS) is 20.5. The Kier molecular flexibility index (Phi) is 5.13. The first kappa shape index (κ1) is 19.3. The first-order valence-electron chi connectivity index (χ1n) is 8.82. The van der Waals surface area contributed by atoms with Gasteiger partial charge in [-0.1, -0.05) is 6.07 Å². The van der Waals surface area contributed by atoms with Crippen molar-refractivity contribution in [2.75, 3.05) is 26.3 Å². The molecule has 26 heavy (non-hydrogen) atoms. The van der Waals surface area contributed by atoms with Gasteiger partial charge in [-0.25, -0.2) is 13.1 Å². The van der Waals surface area contributed by atoms with Crippen LogP contribution in [0.3, 0.4) is 0 Å². The number of hydrogen-bond donors (Lipinski definition) is 1. The third-order valence-corrected chi connectivity index (χ3v) is 6.21. The number of piperidine rings is 1. The molecular formula is C18H26N2O5S. The van der Waals surface area contributed by atoms with Gasteiger partial charge in [0, 0.05) is 37.0 Å². The average Bonchev–Trinajstić information content (AvgIpc) is 3.01. The van der Waals surface area contributed by atoms with Crippen molar-refractivity contribution in [2.45, 2.75) is 49.8 Å². The molecule has 8 heteroatoms. The molecule has 0 radical (unpaired) electrons. The molecule has 1 spiro atoms. The van der Waals surface area contributed by atoms with Gasteiger partial charge < -0.3 is 14.4 Å². The largest absolute Gasteiger partial charge is 0.347 e. The maximum atomic E-state index is 12.8. The Morgan fingerprint density at radius 2 is 1.77 bits per heavy atom. The van der Waals surface area contributed by atoms with Crippen molar-refractivity contribution in [3.63, 3.8) is 0 Å². The van der Waals surface area contributed by atoms with Crippen LogP contribution in [0.25, 0.3) is 0 Å². The molecule has 0 saturated carbocycles. The van der Waals surface area contributed by atoms with E-state index in [9.17, 15) is 13.2 Å². The van der Waals surface area contributed by atoms with Crippen LogP contribution in [0.1, 0.15) is 44.0 Å². The van der Waals surface area contributed by atoms with E-state index in [0.717, 1.165) is 0 Å². The van der Waals surface area contributed by atoms with Crippen LogP contribution >= 0.6 is 0 Å². The molecule has 7 nitrogen and oxygen atoms in total. The predicted molar refractivity (Wildman–Crippen MR) is 96.3 cm³/mol. The lowest BCUT2D eigenvalue weighted by molar-refractivity contribution is -0.181. The van der Waals surface area contributed by atoms with Crippen molar-refractivity contribution in [3.05, 3.63) is 29.8 Å². The highest BCUT2D eigenvalue weighted by Gasteiger charge is 2.40. The molecule has 3 rings (SSSR count). The van der Waals surface area contributed by atoms with Crippen molar-refractivity contribution >= 4 is 15.9 Å². The molecule has 0 atom stereocenters. The Hall–Kier alpha value is -1.48. The van der Waals surface area contributed by atoms with Gasteiger partial charge in [0.05, 0.1) is 18.1 Å². The van der Waals surface area contributed by atoms with Gasteiger partial charge in [-0.05, 0) is 39.0 Å². The lowest BCUT2D eigenvalue weighted by Gasteiger charge is -2.37. The molecular weight excluding hydrogens is 356 g/mol. The monoisotopic (exact) mass is 382 g/mol. The molecule has 0 unspecified atom stereocenters. The fourth-order valence-electron chi connectivity index (χ4n) is 3.28. The number of likely N-dealkylation sites (tertiary alicyclic amines) is 1. The van der Waals surface area contributed by atoms with Crippen LogP contribution in [0, 0.1) is 0 Å². The van der Waals surface area contributed by atoms with Crippen molar-refractivity contribution < 1.29 is 22.7 Å². The topological polar surface area (TPSA) is 84.9 Å². The number of carbonyl (C=O) groups excluding carboxylic acids is 1. The highest BCUT2D eigenvalue weighted by molar-refractivity contribution is 7.89. The van der Waals surface area contributed by atoms with Crippen molar-refractivity contribution in [2.24, 2.45) is 0 Å². The number of benzene rings is 1. The van der Waals surface area contributed by atoms with Gasteiger partial charge in [0.1, 0.15) is 0 Å². The molecule has 1 aromatic rings. The van der Waals surface area contributed by atoms with E-state index in [4.69, 9.17) is 9.47 Å². The van der Waals surface area contributed by atoms with E-state index in [1.54, 1.807) is 37.8 Å². The van der Waals surface area contributed by atoms with Crippen LogP contribution in [0.2, 0.25) is 0 Å². The highest BCUT2D eigenvalue weighted by Crippen LogP contribution is 2.31. The summed E-state index contributed by atoms with van der Waals surface area (Å²) in [6.45, 7) is 7.55. The molecule has 2 aliphatic heterocycles. The standard InChI is InChI=1S/C18H26N2O5S/c1-17(2,3)19-26(22,23)15-6-4-5-14(13-15)16(21)20-9-7-18(8-10-20)24-11-12-25-18/h4-6,13,19H,7-12H2,1-3H3. The molecule has 144 valence electrons. The van der Waals surface area contributed by atoms with Gasteiger partial charge in [0.2, 0.25) is 10.0 Å². The third kappa shape index (κ3) is 4.25. The Morgan fingerprint density at radius 3 is 2.35 bits per heavy atom. The van der Waals surface area contributed by atoms with Gasteiger partial charge in [-0.15, -0.1) is 0 Å². The predicted octanol–water partition coefficient (Wildman–Crippen LogP) is 1.74. The molecule has 0 bridgehead atoms.